The van der Waals surface area contributed by atoms with Gasteiger partial charge < -0.3 is 24.4 Å². The quantitative estimate of drug-likeness (QED) is 0.343. The predicted molar refractivity (Wildman–Crippen MR) is 121 cm³/mol. The number of methoxy groups -OCH3 is 2. The highest BCUT2D eigenvalue weighted by Gasteiger charge is 2.15. The molecule has 1 aromatic carbocycles. The van der Waals surface area contributed by atoms with E-state index in [2.05, 4.69) is 24.2 Å². The zero-order chi connectivity index (χ0) is 18.8. The van der Waals surface area contributed by atoms with Crippen LogP contribution in [0.1, 0.15) is 31.7 Å². The van der Waals surface area contributed by atoms with Gasteiger partial charge in [-0.25, -0.2) is 4.99 Å². The second kappa shape index (κ2) is 13.0. The summed E-state index contributed by atoms with van der Waals surface area (Å²) >= 11 is 0. The highest BCUT2D eigenvalue weighted by molar-refractivity contribution is 14.0. The third-order valence-electron chi connectivity index (χ3n) is 4.80. The van der Waals surface area contributed by atoms with Gasteiger partial charge in [-0.1, -0.05) is 0 Å². The van der Waals surface area contributed by atoms with E-state index in [1.807, 2.05) is 18.2 Å². The van der Waals surface area contributed by atoms with Gasteiger partial charge in [0.25, 0.3) is 0 Å². The number of nitrogens with zero attached hydrogens (tertiary/aromatic N) is 2. The van der Waals surface area contributed by atoms with Crippen LogP contribution in [0.3, 0.4) is 0 Å². The van der Waals surface area contributed by atoms with Crippen LogP contribution >= 0.6 is 24.0 Å². The lowest BCUT2D eigenvalue weighted by Gasteiger charge is -2.27. The Morgan fingerprint density at radius 2 is 2.00 bits per heavy atom. The first kappa shape index (κ1) is 23.8. The molecule has 0 saturated carbocycles. The molecular formula is C20H34IN3O3. The van der Waals surface area contributed by atoms with Crippen LogP contribution in [0, 0.1) is 5.92 Å². The zero-order valence-electron chi connectivity index (χ0n) is 17.0. The van der Waals surface area contributed by atoms with Gasteiger partial charge in [0.05, 0.1) is 20.8 Å². The van der Waals surface area contributed by atoms with Crippen LogP contribution in [-0.4, -0.2) is 58.4 Å². The van der Waals surface area contributed by atoms with Gasteiger partial charge in [-0.05, 0) is 44.2 Å². The van der Waals surface area contributed by atoms with Crippen LogP contribution in [0.5, 0.6) is 11.5 Å². The van der Waals surface area contributed by atoms with E-state index < -0.39 is 0 Å². The van der Waals surface area contributed by atoms with Crippen molar-refractivity contribution in [3.05, 3.63) is 23.8 Å². The summed E-state index contributed by atoms with van der Waals surface area (Å²) in [7, 11) is 5.43. The molecule has 154 valence electrons. The van der Waals surface area contributed by atoms with Gasteiger partial charge in [0, 0.05) is 45.0 Å². The largest absolute Gasteiger partial charge is 0.497 e. The van der Waals surface area contributed by atoms with Crippen LogP contribution in [0.15, 0.2) is 23.2 Å². The summed E-state index contributed by atoms with van der Waals surface area (Å²) in [6, 6.07) is 5.84. The lowest BCUT2D eigenvalue weighted by atomic mass is 9.96. The maximum Gasteiger partial charge on any atom is 0.193 e. The molecule has 0 aliphatic carbocycles. The lowest BCUT2D eigenvalue weighted by molar-refractivity contribution is 0.0625. The van der Waals surface area contributed by atoms with Crippen molar-refractivity contribution in [1.82, 2.24) is 10.2 Å². The number of nitrogens with one attached hydrogen (secondary N) is 1. The summed E-state index contributed by atoms with van der Waals surface area (Å²) in [4.78, 5) is 7.01. The first-order chi connectivity index (χ1) is 12.7. The molecule has 0 aromatic heterocycles. The fraction of sp³-hybridized carbons (Fsp3) is 0.650. The molecular weight excluding hydrogens is 457 g/mol. The number of rotatable bonds is 8. The Balaban J connectivity index is 0.00000364. The van der Waals surface area contributed by atoms with E-state index in [0.29, 0.717) is 6.54 Å². The van der Waals surface area contributed by atoms with Crippen molar-refractivity contribution >= 4 is 29.9 Å². The smallest absolute Gasteiger partial charge is 0.193 e. The third kappa shape index (κ3) is 7.73. The molecule has 1 saturated heterocycles. The van der Waals surface area contributed by atoms with E-state index in [9.17, 15) is 0 Å². The number of benzene rings is 1. The van der Waals surface area contributed by atoms with Gasteiger partial charge in [0.15, 0.2) is 5.96 Å². The predicted octanol–water partition coefficient (Wildman–Crippen LogP) is 3.54. The summed E-state index contributed by atoms with van der Waals surface area (Å²) in [6.07, 6.45) is 3.52. The Labute approximate surface area is 180 Å². The molecule has 0 bridgehead atoms. The Morgan fingerprint density at radius 1 is 1.26 bits per heavy atom. The van der Waals surface area contributed by atoms with Gasteiger partial charge in [-0.2, -0.15) is 0 Å². The average molecular weight is 491 g/mol. The summed E-state index contributed by atoms with van der Waals surface area (Å²) in [6.45, 7) is 6.31. The van der Waals surface area contributed by atoms with Gasteiger partial charge >= 0.3 is 0 Å². The second-order valence-corrected chi connectivity index (χ2v) is 6.61. The lowest BCUT2D eigenvalue weighted by Crippen LogP contribution is -2.40. The minimum atomic E-state index is 0. The Hall–Kier alpha value is -1.22. The first-order valence-electron chi connectivity index (χ1n) is 9.46. The Bertz CT molecular complexity index is 578. The topological polar surface area (TPSA) is 55.3 Å². The highest BCUT2D eigenvalue weighted by atomic mass is 127. The number of aliphatic imine (C=N–C) groups is 1. The third-order valence-corrected chi connectivity index (χ3v) is 4.80. The average Bonchev–Trinajstić information content (AvgIpc) is 2.69. The summed E-state index contributed by atoms with van der Waals surface area (Å²) in [5.41, 5.74) is 1.04. The van der Waals surface area contributed by atoms with Crippen LogP contribution in [0.25, 0.3) is 0 Å². The maximum absolute atomic E-state index is 5.47. The van der Waals surface area contributed by atoms with Crippen molar-refractivity contribution in [2.45, 2.75) is 32.7 Å². The van der Waals surface area contributed by atoms with Crippen molar-refractivity contribution in [3.8, 4) is 11.5 Å². The molecule has 1 aromatic rings. The number of hydrogen-bond acceptors (Lipinski definition) is 4. The molecule has 0 spiro atoms. The Morgan fingerprint density at radius 3 is 2.63 bits per heavy atom. The normalized spacial score (nSPS) is 15.0. The molecule has 0 unspecified atom stereocenters. The molecule has 0 atom stereocenters. The van der Waals surface area contributed by atoms with E-state index in [4.69, 9.17) is 19.2 Å². The van der Waals surface area contributed by atoms with Crippen LogP contribution in [-0.2, 0) is 11.3 Å². The van der Waals surface area contributed by atoms with Crippen molar-refractivity contribution in [2.75, 3.05) is 47.6 Å². The molecule has 1 aliphatic rings. The SMILES string of the molecule is CCNC(=NCc1ccc(OC)cc1OC)N(C)CCC1CCOCC1.I. The molecule has 6 nitrogen and oxygen atoms in total. The number of guanidine groups is 1. The van der Waals surface area contributed by atoms with E-state index in [-0.39, 0.29) is 24.0 Å². The van der Waals surface area contributed by atoms with E-state index in [1.54, 1.807) is 14.2 Å². The second-order valence-electron chi connectivity index (χ2n) is 6.61. The van der Waals surface area contributed by atoms with Gasteiger partial charge in [-0.3, -0.25) is 0 Å². The van der Waals surface area contributed by atoms with Crippen LogP contribution in [0.2, 0.25) is 0 Å². The van der Waals surface area contributed by atoms with Gasteiger partial charge in [0.1, 0.15) is 11.5 Å². The van der Waals surface area contributed by atoms with E-state index in [1.165, 1.54) is 19.3 Å². The van der Waals surface area contributed by atoms with Crippen molar-refractivity contribution in [1.29, 1.82) is 0 Å². The molecule has 1 fully saturated rings. The van der Waals surface area contributed by atoms with Crippen molar-refractivity contribution in [3.63, 3.8) is 0 Å². The Kier molecular flexibility index (Phi) is 11.5. The minimum Gasteiger partial charge on any atom is -0.497 e. The van der Waals surface area contributed by atoms with E-state index >= 15 is 0 Å². The number of ether oxygens (including phenoxy) is 3. The molecule has 27 heavy (non-hydrogen) atoms. The molecule has 0 radical (unpaired) electrons. The van der Waals surface area contributed by atoms with Crippen LogP contribution in [0.4, 0.5) is 0 Å². The molecule has 7 heteroatoms. The summed E-state index contributed by atoms with van der Waals surface area (Å²) in [5.74, 6) is 3.28. The number of hydrogen-bond donors (Lipinski definition) is 1. The molecule has 1 heterocycles. The maximum atomic E-state index is 5.47. The standard InChI is InChI=1S/C20H33N3O3.HI/c1-5-21-20(23(2)11-8-16-9-12-26-13-10-16)22-15-17-6-7-18(24-3)14-19(17)25-4;/h6-7,14,16H,5,8-13,15H2,1-4H3,(H,21,22);1H. The van der Waals surface area contributed by atoms with Crippen LogP contribution < -0.4 is 14.8 Å². The number of halogens is 1. The fourth-order valence-corrected chi connectivity index (χ4v) is 3.13. The minimum absolute atomic E-state index is 0. The molecule has 0 amide bonds. The van der Waals surface area contributed by atoms with Crippen molar-refractivity contribution < 1.29 is 14.2 Å². The zero-order valence-corrected chi connectivity index (χ0v) is 19.3. The fourth-order valence-electron chi connectivity index (χ4n) is 3.13. The highest BCUT2D eigenvalue weighted by Crippen LogP contribution is 2.25. The molecule has 1 N–H and O–H groups in total. The summed E-state index contributed by atoms with van der Waals surface area (Å²) in [5, 5.41) is 3.39. The monoisotopic (exact) mass is 491 g/mol. The molecule has 1 aliphatic heterocycles. The van der Waals surface area contributed by atoms with E-state index in [0.717, 1.165) is 55.2 Å². The van der Waals surface area contributed by atoms with Gasteiger partial charge in [-0.15, -0.1) is 24.0 Å². The first-order valence-corrected chi connectivity index (χ1v) is 9.46. The summed E-state index contributed by atoms with van der Waals surface area (Å²) < 4.78 is 16.2. The van der Waals surface area contributed by atoms with Crippen molar-refractivity contribution in [2.24, 2.45) is 10.9 Å². The molecule has 2 rings (SSSR count). The van der Waals surface area contributed by atoms with Gasteiger partial charge in [0.2, 0.25) is 0 Å².